The molecule has 1 heterocycles. The van der Waals surface area contributed by atoms with E-state index in [1.807, 2.05) is 0 Å². The van der Waals surface area contributed by atoms with Crippen molar-refractivity contribution < 1.29 is 4.79 Å². The van der Waals surface area contributed by atoms with Crippen LogP contribution in [-0.2, 0) is 0 Å². The van der Waals surface area contributed by atoms with Crippen molar-refractivity contribution in [2.75, 3.05) is 6.54 Å². The third-order valence-corrected chi connectivity index (χ3v) is 1.82. The van der Waals surface area contributed by atoms with Crippen molar-refractivity contribution in [1.82, 2.24) is 4.98 Å². The number of carbonyl (C=O) groups excluding carboxylic acids is 1. The number of hydrogen-bond donors (Lipinski definition) is 0. The van der Waals surface area contributed by atoms with Gasteiger partial charge in [0.1, 0.15) is 5.69 Å². The van der Waals surface area contributed by atoms with Gasteiger partial charge in [0.25, 0.3) is 0 Å². The summed E-state index contributed by atoms with van der Waals surface area (Å²) in [5.74, 6) is 0.0465. The largest absolute Gasteiger partial charge is 0.292 e. The molecule has 0 saturated carbocycles. The van der Waals surface area contributed by atoms with Crippen LogP contribution in [0.5, 0.6) is 0 Å². The number of nitrogens with zero attached hydrogens (tertiary/aromatic N) is 2. The van der Waals surface area contributed by atoms with Gasteiger partial charge in [0.2, 0.25) is 0 Å². The molecule has 4 heteroatoms. The predicted molar refractivity (Wildman–Crippen MR) is 57.7 cm³/mol. The average molecular weight is 206 g/mol. The lowest BCUT2D eigenvalue weighted by Gasteiger charge is -1.96. The lowest BCUT2D eigenvalue weighted by Crippen LogP contribution is -2.01. The molecular weight excluding hydrogens is 196 g/mol. The normalized spacial score (nSPS) is 9.14. The summed E-state index contributed by atoms with van der Waals surface area (Å²) in [6.07, 6.45) is 2.76. The summed E-state index contributed by atoms with van der Waals surface area (Å²) in [5.41, 5.74) is 0.513. The molecular formula is C10H10N2OS. The number of thiocarbonyl (C=S) groups is 1. The molecule has 0 aliphatic rings. The Bertz CT molecular complexity index is 344. The summed E-state index contributed by atoms with van der Waals surface area (Å²) < 4.78 is 0. The van der Waals surface area contributed by atoms with Crippen LogP contribution in [0, 0.1) is 0 Å². The first kappa shape index (κ1) is 10.7. The number of carbonyl (C=O) groups is 1. The van der Waals surface area contributed by atoms with Gasteiger partial charge in [0.05, 0.1) is 5.16 Å². The molecule has 0 spiro atoms. The number of hydrogen-bond acceptors (Lipinski definition) is 4. The summed E-state index contributed by atoms with van der Waals surface area (Å²) in [7, 11) is 0. The van der Waals surface area contributed by atoms with Crippen LogP contribution in [0.2, 0.25) is 0 Å². The Morgan fingerprint density at radius 1 is 1.57 bits per heavy atom. The minimum atomic E-state index is 0.0465. The zero-order valence-corrected chi connectivity index (χ0v) is 8.46. The second-order valence-electron chi connectivity index (χ2n) is 2.71. The summed E-state index contributed by atoms with van der Waals surface area (Å²) in [4.78, 5) is 19.1. The third kappa shape index (κ3) is 3.56. The number of ketones is 1. The fourth-order valence-electron chi connectivity index (χ4n) is 1.02. The molecule has 1 aromatic heterocycles. The Labute approximate surface area is 87.9 Å². The van der Waals surface area contributed by atoms with Gasteiger partial charge in [0, 0.05) is 19.2 Å². The molecule has 1 rings (SSSR count). The molecule has 0 aromatic carbocycles. The topological polar surface area (TPSA) is 42.3 Å². The molecule has 1 aromatic rings. The van der Waals surface area contributed by atoms with Crippen LogP contribution in [0.1, 0.15) is 23.3 Å². The summed E-state index contributed by atoms with van der Waals surface area (Å²) in [6.45, 7) is 0.558. The zero-order valence-electron chi connectivity index (χ0n) is 7.64. The Morgan fingerprint density at radius 2 is 2.43 bits per heavy atom. The molecule has 0 aliphatic carbocycles. The van der Waals surface area contributed by atoms with Gasteiger partial charge in [-0.15, -0.1) is 0 Å². The lowest BCUT2D eigenvalue weighted by molar-refractivity contribution is 0.0976. The van der Waals surface area contributed by atoms with Gasteiger partial charge in [0.15, 0.2) is 5.78 Å². The Kier molecular flexibility index (Phi) is 4.69. The van der Waals surface area contributed by atoms with Crippen molar-refractivity contribution in [3.63, 3.8) is 0 Å². The number of aliphatic imine (C=N–C) groups is 1. The first-order valence-electron chi connectivity index (χ1n) is 4.32. The van der Waals surface area contributed by atoms with Crippen LogP contribution in [0.4, 0.5) is 0 Å². The van der Waals surface area contributed by atoms with Crippen LogP contribution in [0.3, 0.4) is 0 Å². The number of pyridine rings is 1. The molecule has 72 valence electrons. The van der Waals surface area contributed by atoms with Crippen LogP contribution in [0.15, 0.2) is 29.4 Å². The minimum absolute atomic E-state index is 0.0465. The van der Waals surface area contributed by atoms with Gasteiger partial charge >= 0.3 is 0 Å². The molecule has 0 fully saturated rings. The summed E-state index contributed by atoms with van der Waals surface area (Å²) in [6, 6.07) is 5.30. The van der Waals surface area contributed by atoms with Crippen molar-refractivity contribution in [3.8, 4) is 0 Å². The van der Waals surface area contributed by atoms with Crippen LogP contribution < -0.4 is 0 Å². The highest BCUT2D eigenvalue weighted by molar-refractivity contribution is 7.78. The highest BCUT2D eigenvalue weighted by atomic mass is 32.1. The van der Waals surface area contributed by atoms with Crippen molar-refractivity contribution in [3.05, 3.63) is 30.1 Å². The van der Waals surface area contributed by atoms with Crippen molar-refractivity contribution in [2.45, 2.75) is 12.8 Å². The number of isothiocyanates is 1. The minimum Gasteiger partial charge on any atom is -0.292 e. The molecule has 0 unspecified atom stereocenters. The fourth-order valence-corrected chi connectivity index (χ4v) is 1.11. The van der Waals surface area contributed by atoms with Gasteiger partial charge in [-0.25, -0.2) is 4.99 Å². The van der Waals surface area contributed by atoms with Crippen LogP contribution in [0.25, 0.3) is 0 Å². The van der Waals surface area contributed by atoms with E-state index in [4.69, 9.17) is 0 Å². The molecule has 0 N–H and O–H groups in total. The summed E-state index contributed by atoms with van der Waals surface area (Å²) in [5, 5.41) is 2.26. The maximum absolute atomic E-state index is 11.5. The van der Waals surface area contributed by atoms with Crippen molar-refractivity contribution in [2.24, 2.45) is 4.99 Å². The standard InChI is InChI=1S/C10H10N2OS/c13-10(5-3-6-11-8-14)9-4-1-2-7-12-9/h1-2,4,7H,3,5-6H2. The SMILES string of the molecule is O=C(CCCN=C=S)c1ccccn1. The quantitative estimate of drug-likeness (QED) is 0.321. The second-order valence-corrected chi connectivity index (χ2v) is 2.90. The summed E-state index contributed by atoms with van der Waals surface area (Å²) >= 11 is 4.41. The first-order valence-corrected chi connectivity index (χ1v) is 4.73. The van der Waals surface area contributed by atoms with Crippen molar-refractivity contribution >= 4 is 23.2 Å². The highest BCUT2D eigenvalue weighted by Gasteiger charge is 2.04. The van der Waals surface area contributed by atoms with Gasteiger partial charge in [-0.1, -0.05) is 6.07 Å². The molecule has 0 atom stereocenters. The first-order chi connectivity index (χ1) is 6.84. The predicted octanol–water partition coefficient (Wildman–Crippen LogP) is 2.15. The molecule has 0 bridgehead atoms. The molecule has 3 nitrogen and oxygen atoms in total. The van der Waals surface area contributed by atoms with E-state index in [1.165, 1.54) is 0 Å². The highest BCUT2D eigenvalue weighted by Crippen LogP contribution is 2.01. The number of aromatic nitrogens is 1. The lowest BCUT2D eigenvalue weighted by atomic mass is 10.1. The van der Waals surface area contributed by atoms with E-state index in [1.54, 1.807) is 24.4 Å². The van der Waals surface area contributed by atoms with E-state index in [9.17, 15) is 4.79 Å². The van der Waals surface area contributed by atoms with E-state index in [2.05, 4.69) is 27.4 Å². The Morgan fingerprint density at radius 3 is 3.07 bits per heavy atom. The van der Waals surface area contributed by atoms with E-state index in [0.29, 0.717) is 25.1 Å². The van der Waals surface area contributed by atoms with E-state index < -0.39 is 0 Å². The second kappa shape index (κ2) is 6.13. The van der Waals surface area contributed by atoms with Gasteiger partial charge in [-0.3, -0.25) is 9.78 Å². The van der Waals surface area contributed by atoms with Crippen LogP contribution >= 0.6 is 12.2 Å². The smallest absolute Gasteiger partial charge is 0.181 e. The molecule has 0 saturated heterocycles. The maximum atomic E-state index is 11.5. The van der Waals surface area contributed by atoms with Crippen molar-refractivity contribution in [1.29, 1.82) is 0 Å². The van der Waals surface area contributed by atoms with Gasteiger partial charge in [-0.2, -0.15) is 0 Å². The number of rotatable bonds is 5. The molecule has 0 radical (unpaired) electrons. The maximum Gasteiger partial charge on any atom is 0.181 e. The Hall–Kier alpha value is -1.38. The molecule has 0 aliphatic heterocycles. The van der Waals surface area contributed by atoms with E-state index in [0.717, 1.165) is 0 Å². The van der Waals surface area contributed by atoms with E-state index >= 15 is 0 Å². The van der Waals surface area contributed by atoms with Gasteiger partial charge in [-0.05, 0) is 30.8 Å². The average Bonchev–Trinajstić information content (AvgIpc) is 2.25. The van der Waals surface area contributed by atoms with E-state index in [-0.39, 0.29) is 5.78 Å². The monoisotopic (exact) mass is 206 g/mol. The fraction of sp³-hybridized carbons (Fsp3) is 0.300. The number of Topliss-reactive ketones (excluding diaryl/α,β-unsaturated/α-hetero) is 1. The molecule has 0 amide bonds. The zero-order chi connectivity index (χ0) is 10.2. The Balaban J connectivity index is 2.40. The molecule has 14 heavy (non-hydrogen) atoms. The van der Waals surface area contributed by atoms with Crippen LogP contribution in [-0.4, -0.2) is 22.5 Å². The van der Waals surface area contributed by atoms with Gasteiger partial charge < -0.3 is 0 Å². The third-order valence-electron chi connectivity index (χ3n) is 1.69.